The fraction of sp³-hybridized carbons (Fsp3) is 0.765. The van der Waals surface area contributed by atoms with Crippen LogP contribution < -0.4 is 5.32 Å². The monoisotopic (exact) mass is 261 g/mol. The summed E-state index contributed by atoms with van der Waals surface area (Å²) in [4.78, 5) is 0. The van der Waals surface area contributed by atoms with Crippen molar-refractivity contribution in [2.45, 2.75) is 71.4 Å². The molecule has 2 nitrogen and oxygen atoms in total. The highest BCUT2D eigenvalue weighted by Crippen LogP contribution is 2.40. The molecule has 1 N–H and O–H groups in total. The summed E-state index contributed by atoms with van der Waals surface area (Å²) in [5.41, 5.74) is 1.91. The van der Waals surface area contributed by atoms with Gasteiger partial charge in [0.15, 0.2) is 0 Å². The van der Waals surface area contributed by atoms with Gasteiger partial charge in [-0.05, 0) is 49.5 Å². The van der Waals surface area contributed by atoms with Crippen LogP contribution in [0.1, 0.15) is 70.2 Å². The molecular formula is C17H27NO. The quantitative estimate of drug-likeness (QED) is 0.850. The largest absolute Gasteiger partial charge is 0.469 e. The maximum absolute atomic E-state index is 5.60. The van der Waals surface area contributed by atoms with Gasteiger partial charge in [0.1, 0.15) is 5.76 Å². The molecule has 19 heavy (non-hydrogen) atoms. The predicted molar refractivity (Wildman–Crippen MR) is 78.1 cm³/mol. The number of fused-ring (bicyclic) bond motifs is 1. The Morgan fingerprint density at radius 2 is 2.16 bits per heavy atom. The maximum Gasteiger partial charge on any atom is 0.108 e. The van der Waals surface area contributed by atoms with Crippen molar-refractivity contribution in [3.05, 3.63) is 23.7 Å². The van der Waals surface area contributed by atoms with Crippen molar-refractivity contribution in [2.75, 3.05) is 0 Å². The van der Waals surface area contributed by atoms with E-state index in [4.69, 9.17) is 4.42 Å². The van der Waals surface area contributed by atoms with Crippen LogP contribution in [0.25, 0.3) is 0 Å². The summed E-state index contributed by atoms with van der Waals surface area (Å²) in [5.74, 6) is 2.06. The molecule has 1 saturated carbocycles. The van der Waals surface area contributed by atoms with Gasteiger partial charge in [-0.1, -0.05) is 20.8 Å². The van der Waals surface area contributed by atoms with Crippen molar-refractivity contribution in [3.8, 4) is 0 Å². The van der Waals surface area contributed by atoms with Gasteiger partial charge in [-0.2, -0.15) is 0 Å². The average molecular weight is 261 g/mol. The van der Waals surface area contributed by atoms with Crippen LogP contribution in [0.15, 0.2) is 16.7 Å². The summed E-state index contributed by atoms with van der Waals surface area (Å²) >= 11 is 0. The standard InChI is InChI=1S/C17H27NO/c1-12-9-13(11-17(2,3)10-12)18-15-5-4-6-16-14(15)7-8-19-16/h7-8,12-13,15,18H,4-6,9-11H2,1-3H3. The minimum atomic E-state index is 0.489. The molecule has 0 radical (unpaired) electrons. The molecule has 0 saturated heterocycles. The second-order valence-corrected chi connectivity index (χ2v) is 7.52. The second kappa shape index (κ2) is 4.97. The number of furan rings is 1. The van der Waals surface area contributed by atoms with Crippen molar-refractivity contribution < 1.29 is 4.42 Å². The van der Waals surface area contributed by atoms with E-state index in [0.29, 0.717) is 17.5 Å². The summed E-state index contributed by atoms with van der Waals surface area (Å²) in [6.45, 7) is 7.24. The van der Waals surface area contributed by atoms with E-state index in [-0.39, 0.29) is 0 Å². The molecule has 2 heteroatoms. The van der Waals surface area contributed by atoms with Crippen LogP contribution in [0.4, 0.5) is 0 Å². The Labute approximate surface area is 117 Å². The first-order chi connectivity index (χ1) is 9.03. The molecule has 106 valence electrons. The summed E-state index contributed by atoms with van der Waals surface area (Å²) in [5, 5.41) is 3.93. The molecule has 0 aliphatic heterocycles. The van der Waals surface area contributed by atoms with Gasteiger partial charge in [-0.25, -0.2) is 0 Å². The first-order valence-electron chi connectivity index (χ1n) is 7.86. The number of hydrogen-bond acceptors (Lipinski definition) is 2. The predicted octanol–water partition coefficient (Wildman–Crippen LogP) is 4.46. The van der Waals surface area contributed by atoms with Crippen LogP contribution in [0, 0.1) is 11.3 Å². The van der Waals surface area contributed by atoms with Crippen molar-refractivity contribution in [1.29, 1.82) is 0 Å². The molecule has 2 aliphatic carbocycles. The van der Waals surface area contributed by atoms with E-state index < -0.39 is 0 Å². The Morgan fingerprint density at radius 1 is 1.32 bits per heavy atom. The molecule has 0 bridgehead atoms. The Morgan fingerprint density at radius 3 is 2.95 bits per heavy atom. The van der Waals surface area contributed by atoms with Crippen molar-refractivity contribution in [2.24, 2.45) is 11.3 Å². The zero-order valence-corrected chi connectivity index (χ0v) is 12.5. The first-order valence-corrected chi connectivity index (χ1v) is 7.86. The van der Waals surface area contributed by atoms with Crippen LogP contribution in [-0.4, -0.2) is 6.04 Å². The summed E-state index contributed by atoms with van der Waals surface area (Å²) < 4.78 is 5.60. The lowest BCUT2D eigenvalue weighted by molar-refractivity contribution is 0.141. The molecule has 0 aromatic carbocycles. The van der Waals surface area contributed by atoms with Crippen molar-refractivity contribution >= 4 is 0 Å². The minimum Gasteiger partial charge on any atom is -0.469 e. The molecule has 1 fully saturated rings. The molecule has 3 unspecified atom stereocenters. The number of rotatable bonds is 2. The average Bonchev–Trinajstić information content (AvgIpc) is 2.75. The second-order valence-electron chi connectivity index (χ2n) is 7.52. The lowest BCUT2D eigenvalue weighted by atomic mass is 9.70. The maximum atomic E-state index is 5.60. The van der Waals surface area contributed by atoms with E-state index in [2.05, 4.69) is 32.2 Å². The normalized spacial score (nSPS) is 33.9. The van der Waals surface area contributed by atoms with Crippen LogP contribution in [0.2, 0.25) is 0 Å². The van der Waals surface area contributed by atoms with Gasteiger partial charge in [0.05, 0.1) is 6.26 Å². The third-order valence-electron chi connectivity index (χ3n) is 4.88. The van der Waals surface area contributed by atoms with Crippen LogP contribution in [0.5, 0.6) is 0 Å². The SMILES string of the molecule is CC1CC(NC2CCCc3occc32)CC(C)(C)C1. The first kappa shape index (κ1) is 13.2. The third kappa shape index (κ3) is 2.89. The fourth-order valence-electron chi connectivity index (χ4n) is 4.42. The smallest absolute Gasteiger partial charge is 0.108 e. The Balaban J connectivity index is 1.69. The van der Waals surface area contributed by atoms with Crippen LogP contribution >= 0.6 is 0 Å². The highest BCUT2D eigenvalue weighted by molar-refractivity contribution is 5.24. The topological polar surface area (TPSA) is 25.2 Å². The minimum absolute atomic E-state index is 0.489. The molecule has 1 aromatic rings. The number of hydrogen-bond donors (Lipinski definition) is 1. The lowest BCUT2D eigenvalue weighted by Crippen LogP contribution is -2.42. The Hall–Kier alpha value is -0.760. The molecule has 0 amide bonds. The van der Waals surface area contributed by atoms with E-state index >= 15 is 0 Å². The Bertz CT molecular complexity index is 434. The molecule has 2 aliphatic rings. The molecule has 3 rings (SSSR count). The zero-order chi connectivity index (χ0) is 13.5. The van der Waals surface area contributed by atoms with Crippen molar-refractivity contribution in [3.63, 3.8) is 0 Å². The molecule has 3 atom stereocenters. The third-order valence-corrected chi connectivity index (χ3v) is 4.88. The van der Waals surface area contributed by atoms with Gasteiger partial charge >= 0.3 is 0 Å². The summed E-state index contributed by atoms with van der Waals surface area (Å²) in [7, 11) is 0. The van der Waals surface area contributed by atoms with Gasteiger partial charge in [0, 0.05) is 24.1 Å². The van der Waals surface area contributed by atoms with E-state index in [0.717, 1.165) is 12.3 Å². The summed E-state index contributed by atoms with van der Waals surface area (Å²) in [6.07, 6.45) is 9.49. The highest BCUT2D eigenvalue weighted by atomic mass is 16.3. The molecule has 1 heterocycles. The molecule has 1 aromatic heterocycles. The summed E-state index contributed by atoms with van der Waals surface area (Å²) in [6, 6.07) is 3.36. The van der Waals surface area contributed by atoms with Crippen molar-refractivity contribution in [1.82, 2.24) is 5.32 Å². The van der Waals surface area contributed by atoms with Gasteiger partial charge < -0.3 is 9.73 Å². The van der Waals surface area contributed by atoms with E-state index in [1.807, 2.05) is 6.26 Å². The van der Waals surface area contributed by atoms with E-state index in [9.17, 15) is 0 Å². The number of nitrogens with one attached hydrogen (secondary N) is 1. The molecule has 0 spiro atoms. The fourth-order valence-corrected chi connectivity index (χ4v) is 4.42. The highest BCUT2D eigenvalue weighted by Gasteiger charge is 2.34. The van der Waals surface area contributed by atoms with Gasteiger partial charge in [-0.3, -0.25) is 0 Å². The zero-order valence-electron chi connectivity index (χ0n) is 12.5. The Kier molecular flexibility index (Phi) is 3.46. The lowest BCUT2D eigenvalue weighted by Gasteiger charge is -2.41. The van der Waals surface area contributed by atoms with Gasteiger partial charge in [0.25, 0.3) is 0 Å². The van der Waals surface area contributed by atoms with Crippen LogP contribution in [0.3, 0.4) is 0 Å². The number of aryl methyl sites for hydroxylation is 1. The van der Waals surface area contributed by atoms with Gasteiger partial charge in [0.2, 0.25) is 0 Å². The van der Waals surface area contributed by atoms with Crippen LogP contribution in [-0.2, 0) is 6.42 Å². The molecular weight excluding hydrogens is 234 g/mol. The van der Waals surface area contributed by atoms with E-state index in [1.165, 1.54) is 43.4 Å². The van der Waals surface area contributed by atoms with Gasteiger partial charge in [-0.15, -0.1) is 0 Å². The van der Waals surface area contributed by atoms with E-state index in [1.54, 1.807) is 0 Å².